The fraction of sp³-hybridized carbons (Fsp3) is 0.550. The van der Waals surface area contributed by atoms with Gasteiger partial charge in [0.25, 0.3) is 0 Å². The molecule has 1 aliphatic heterocycles. The van der Waals surface area contributed by atoms with Gasteiger partial charge in [-0.3, -0.25) is 0 Å². The van der Waals surface area contributed by atoms with Crippen molar-refractivity contribution < 1.29 is 9.53 Å². The quantitative estimate of drug-likeness (QED) is 0.890. The molecule has 1 aliphatic rings. The lowest BCUT2D eigenvalue weighted by Crippen LogP contribution is -2.47. The smallest absolute Gasteiger partial charge is 0.410 e. The number of nitrogens with zero attached hydrogens (tertiary/aromatic N) is 4. The zero-order valence-corrected chi connectivity index (χ0v) is 16.8. The minimum atomic E-state index is -0.465. The summed E-state index contributed by atoms with van der Waals surface area (Å²) >= 11 is 0. The monoisotopic (exact) mass is 371 g/mol. The predicted molar refractivity (Wildman–Crippen MR) is 108 cm³/mol. The van der Waals surface area contributed by atoms with Crippen LogP contribution < -0.4 is 10.2 Å². The molecule has 3 rings (SSSR count). The average Bonchev–Trinajstić information content (AvgIpc) is 2.65. The minimum Gasteiger partial charge on any atom is -0.444 e. The Labute approximate surface area is 160 Å². The lowest BCUT2D eigenvalue weighted by atomic mass is 10.0. The first-order valence-corrected chi connectivity index (χ1v) is 9.44. The summed E-state index contributed by atoms with van der Waals surface area (Å²) < 4.78 is 5.48. The number of aromatic nitrogens is 2. The van der Waals surface area contributed by atoms with Crippen molar-refractivity contribution in [3.63, 3.8) is 0 Å². The third kappa shape index (κ3) is 4.40. The minimum absolute atomic E-state index is 0.231. The summed E-state index contributed by atoms with van der Waals surface area (Å²) in [7, 11) is 3.91. The molecule has 2 heterocycles. The number of likely N-dealkylation sites (tertiary alicyclic amines) is 1. The normalized spacial score (nSPS) is 15.7. The summed E-state index contributed by atoms with van der Waals surface area (Å²) in [4.78, 5) is 25.7. The fourth-order valence-electron chi connectivity index (χ4n) is 3.34. The van der Waals surface area contributed by atoms with E-state index in [-0.39, 0.29) is 6.09 Å². The number of ether oxygens (including phenoxy) is 1. The van der Waals surface area contributed by atoms with Gasteiger partial charge in [-0.2, -0.15) is 0 Å². The van der Waals surface area contributed by atoms with E-state index in [1.54, 1.807) is 4.90 Å². The second kappa shape index (κ2) is 7.58. The van der Waals surface area contributed by atoms with Crippen molar-refractivity contribution in [1.82, 2.24) is 14.9 Å². The van der Waals surface area contributed by atoms with E-state index in [1.165, 1.54) is 0 Å². The lowest BCUT2D eigenvalue weighted by Gasteiger charge is -2.38. The van der Waals surface area contributed by atoms with Crippen molar-refractivity contribution in [2.24, 2.45) is 0 Å². The fourth-order valence-corrected chi connectivity index (χ4v) is 3.34. The molecule has 0 aliphatic carbocycles. The average molecular weight is 371 g/mol. The first-order chi connectivity index (χ1) is 12.8. The van der Waals surface area contributed by atoms with Gasteiger partial charge in [-0.1, -0.05) is 12.1 Å². The lowest BCUT2D eigenvalue weighted by molar-refractivity contribution is 0.0205. The van der Waals surface area contributed by atoms with Crippen molar-refractivity contribution >= 4 is 28.8 Å². The van der Waals surface area contributed by atoms with Crippen LogP contribution >= 0.6 is 0 Å². The van der Waals surface area contributed by atoms with Crippen LogP contribution in [0.3, 0.4) is 0 Å². The molecule has 0 saturated carbocycles. The summed E-state index contributed by atoms with van der Waals surface area (Å²) in [5.41, 5.74) is 1.29. The molecule has 1 amide bonds. The Morgan fingerprint density at radius 3 is 2.33 bits per heavy atom. The summed E-state index contributed by atoms with van der Waals surface area (Å²) in [5.74, 6) is 1.61. The predicted octanol–water partition coefficient (Wildman–Crippen LogP) is 3.51. The topological polar surface area (TPSA) is 70.6 Å². The second-order valence-electron chi connectivity index (χ2n) is 7.94. The molecular weight excluding hydrogens is 342 g/mol. The van der Waals surface area contributed by atoms with E-state index in [0.717, 1.165) is 35.5 Å². The van der Waals surface area contributed by atoms with Gasteiger partial charge in [0.15, 0.2) is 11.6 Å². The molecule has 0 atom stereocenters. The van der Waals surface area contributed by atoms with E-state index >= 15 is 0 Å². The summed E-state index contributed by atoms with van der Waals surface area (Å²) in [6, 6.07) is 8.17. The maximum Gasteiger partial charge on any atom is 0.410 e. The molecule has 7 nitrogen and oxygen atoms in total. The van der Waals surface area contributed by atoms with Gasteiger partial charge in [-0.15, -0.1) is 0 Å². The van der Waals surface area contributed by atoms with Gasteiger partial charge in [0, 0.05) is 33.2 Å². The van der Waals surface area contributed by atoms with Crippen LogP contribution in [0.5, 0.6) is 0 Å². The van der Waals surface area contributed by atoms with E-state index in [9.17, 15) is 4.79 Å². The van der Waals surface area contributed by atoms with E-state index in [2.05, 4.69) is 10.2 Å². The molecule has 0 spiro atoms. The number of carbonyl (C=O) groups is 1. The van der Waals surface area contributed by atoms with Crippen LogP contribution in [0.4, 0.5) is 16.4 Å². The molecule has 2 aromatic rings. The van der Waals surface area contributed by atoms with Crippen LogP contribution in [0.1, 0.15) is 33.6 Å². The van der Waals surface area contributed by atoms with E-state index in [0.29, 0.717) is 19.1 Å². The molecule has 0 radical (unpaired) electrons. The molecule has 1 aromatic carbocycles. The van der Waals surface area contributed by atoms with E-state index in [4.69, 9.17) is 14.7 Å². The van der Waals surface area contributed by atoms with Crippen molar-refractivity contribution in [2.45, 2.75) is 45.3 Å². The van der Waals surface area contributed by atoms with Crippen LogP contribution in [-0.2, 0) is 4.74 Å². The molecule has 1 saturated heterocycles. The molecule has 7 heteroatoms. The summed E-state index contributed by atoms with van der Waals surface area (Å²) in [5, 5.41) is 3.16. The van der Waals surface area contributed by atoms with Crippen molar-refractivity contribution in [3.8, 4) is 0 Å². The highest BCUT2D eigenvalue weighted by Gasteiger charge is 2.29. The third-order valence-corrected chi connectivity index (χ3v) is 4.79. The van der Waals surface area contributed by atoms with Crippen LogP contribution in [-0.4, -0.2) is 59.8 Å². The number of fused-ring (bicyclic) bond motifs is 1. The molecule has 146 valence electrons. The first kappa shape index (κ1) is 19.2. The molecule has 1 aromatic heterocycles. The maximum absolute atomic E-state index is 12.3. The molecule has 0 unspecified atom stereocenters. The zero-order chi connectivity index (χ0) is 19.6. The number of hydrogen-bond acceptors (Lipinski definition) is 6. The van der Waals surface area contributed by atoms with Crippen molar-refractivity contribution in [3.05, 3.63) is 24.3 Å². The molecule has 1 fully saturated rings. The van der Waals surface area contributed by atoms with Gasteiger partial charge in [-0.05, 0) is 45.7 Å². The van der Waals surface area contributed by atoms with Gasteiger partial charge in [0.1, 0.15) is 5.60 Å². The Balaban J connectivity index is 1.71. The van der Waals surface area contributed by atoms with Crippen molar-refractivity contribution in [1.29, 1.82) is 0 Å². The number of piperidine rings is 1. The van der Waals surface area contributed by atoms with Gasteiger partial charge >= 0.3 is 6.09 Å². The Morgan fingerprint density at radius 1 is 1.19 bits per heavy atom. The Kier molecular flexibility index (Phi) is 5.39. The zero-order valence-electron chi connectivity index (χ0n) is 16.8. The van der Waals surface area contributed by atoms with Gasteiger partial charge < -0.3 is 19.9 Å². The van der Waals surface area contributed by atoms with Gasteiger partial charge in [0.05, 0.1) is 11.0 Å². The number of benzene rings is 1. The van der Waals surface area contributed by atoms with Crippen LogP contribution in [0.15, 0.2) is 24.3 Å². The molecular formula is C20H29N5O2. The number of nitrogens with one attached hydrogen (secondary N) is 1. The Hall–Kier alpha value is -2.57. The van der Waals surface area contributed by atoms with E-state index in [1.807, 2.05) is 59.1 Å². The maximum atomic E-state index is 12.3. The number of carbonyl (C=O) groups excluding carboxylic acids is 1. The molecule has 1 N–H and O–H groups in total. The van der Waals surface area contributed by atoms with E-state index < -0.39 is 5.60 Å². The van der Waals surface area contributed by atoms with Crippen LogP contribution in [0.2, 0.25) is 0 Å². The van der Waals surface area contributed by atoms with Gasteiger partial charge in [0.2, 0.25) is 0 Å². The summed E-state index contributed by atoms with van der Waals surface area (Å²) in [6.45, 7) is 7.04. The second-order valence-corrected chi connectivity index (χ2v) is 7.94. The number of amides is 1. The summed E-state index contributed by atoms with van der Waals surface area (Å²) in [6.07, 6.45) is 1.51. The number of hydrogen-bond donors (Lipinski definition) is 1. The molecule has 27 heavy (non-hydrogen) atoms. The van der Waals surface area contributed by atoms with Crippen LogP contribution in [0.25, 0.3) is 11.0 Å². The van der Waals surface area contributed by atoms with Gasteiger partial charge in [-0.25, -0.2) is 14.8 Å². The highest BCUT2D eigenvalue weighted by molar-refractivity contribution is 5.80. The molecule has 0 bridgehead atoms. The number of rotatable bonds is 3. The number of anilines is 2. The Bertz CT molecular complexity index is 810. The standard InChI is InChI=1S/C20H29N5O2/c1-20(2,3)27-19(26)25-12-10-14(11-13-25)24(5)18-17(21-4)22-15-8-6-7-9-16(15)23-18/h6-9,14H,10-13H2,1-5H3,(H,21,22). The SMILES string of the molecule is CNc1nc2ccccc2nc1N(C)C1CCN(C(=O)OC(C)(C)C)CC1. The Morgan fingerprint density at radius 2 is 1.78 bits per heavy atom. The van der Waals surface area contributed by atoms with Crippen LogP contribution in [0, 0.1) is 0 Å². The van der Waals surface area contributed by atoms with Crippen molar-refractivity contribution in [2.75, 3.05) is 37.4 Å². The largest absolute Gasteiger partial charge is 0.444 e. The highest BCUT2D eigenvalue weighted by atomic mass is 16.6. The number of para-hydroxylation sites is 2. The third-order valence-electron chi connectivity index (χ3n) is 4.79. The highest BCUT2D eigenvalue weighted by Crippen LogP contribution is 2.28. The first-order valence-electron chi connectivity index (χ1n) is 9.44.